The number of benzene rings is 1. The highest BCUT2D eigenvalue weighted by Crippen LogP contribution is 2.26. The number of nitrogens with zero attached hydrogens (tertiary/aromatic N) is 3. The fourth-order valence-electron chi connectivity index (χ4n) is 4.36. The van der Waals surface area contributed by atoms with Gasteiger partial charge in [0.25, 0.3) is 0 Å². The van der Waals surface area contributed by atoms with Crippen LogP contribution in [0.3, 0.4) is 0 Å². The number of aromatic nitrogens is 1. The standard InChI is InChI=1S/C23H27N5O3/c1-15-5-3-6-16(2)20(15)26-19(29)14-27-18-7-4-10-25-21(18)22(30)28(23(27)31)13-17-8-11-24-12-9-17/h3,5-6,8-9,11-12,18,21,25H,4,7,10,13-14H2,1-2H3,(H,26,29). The molecule has 1 aromatic heterocycles. The summed E-state index contributed by atoms with van der Waals surface area (Å²) in [5.41, 5.74) is 3.50. The van der Waals surface area contributed by atoms with Crippen molar-refractivity contribution in [1.29, 1.82) is 0 Å². The molecule has 2 atom stereocenters. The number of amides is 4. The highest BCUT2D eigenvalue weighted by molar-refractivity contribution is 6.03. The molecule has 2 saturated heterocycles. The van der Waals surface area contributed by atoms with Gasteiger partial charge in [-0.2, -0.15) is 0 Å². The molecule has 2 N–H and O–H groups in total. The number of urea groups is 1. The molecule has 2 unspecified atom stereocenters. The number of nitrogens with one attached hydrogen (secondary N) is 2. The molecule has 4 rings (SSSR count). The zero-order valence-electron chi connectivity index (χ0n) is 17.8. The minimum absolute atomic E-state index is 0.102. The fraction of sp³-hybridized carbons (Fsp3) is 0.391. The van der Waals surface area contributed by atoms with E-state index in [4.69, 9.17) is 0 Å². The molecular weight excluding hydrogens is 394 g/mol. The molecule has 0 radical (unpaired) electrons. The summed E-state index contributed by atoms with van der Waals surface area (Å²) in [6, 6.07) is 8.11. The lowest BCUT2D eigenvalue weighted by Gasteiger charge is -2.46. The lowest BCUT2D eigenvalue weighted by atomic mass is 9.93. The normalized spacial score (nSPS) is 21.1. The molecule has 0 spiro atoms. The van der Waals surface area contributed by atoms with E-state index in [1.807, 2.05) is 32.0 Å². The van der Waals surface area contributed by atoms with Gasteiger partial charge in [-0.1, -0.05) is 18.2 Å². The Balaban J connectivity index is 1.56. The van der Waals surface area contributed by atoms with Crippen LogP contribution < -0.4 is 10.6 Å². The Morgan fingerprint density at radius 2 is 1.87 bits per heavy atom. The summed E-state index contributed by atoms with van der Waals surface area (Å²) in [7, 11) is 0. The first-order valence-corrected chi connectivity index (χ1v) is 10.6. The number of pyridine rings is 1. The van der Waals surface area contributed by atoms with E-state index in [2.05, 4.69) is 15.6 Å². The maximum atomic E-state index is 13.3. The van der Waals surface area contributed by atoms with Gasteiger partial charge in [0.1, 0.15) is 12.6 Å². The summed E-state index contributed by atoms with van der Waals surface area (Å²) < 4.78 is 0. The number of carbonyl (C=O) groups excluding carboxylic acids is 3. The Kier molecular flexibility index (Phi) is 5.99. The second kappa shape index (κ2) is 8.85. The van der Waals surface area contributed by atoms with Crippen LogP contribution in [-0.4, -0.2) is 57.8 Å². The van der Waals surface area contributed by atoms with Gasteiger partial charge < -0.3 is 15.5 Å². The maximum absolute atomic E-state index is 13.3. The average molecular weight is 422 g/mol. The Morgan fingerprint density at radius 1 is 1.16 bits per heavy atom. The molecule has 162 valence electrons. The summed E-state index contributed by atoms with van der Waals surface area (Å²) in [5, 5.41) is 6.20. The van der Waals surface area contributed by atoms with E-state index in [1.165, 1.54) is 4.90 Å². The topological polar surface area (TPSA) is 94.6 Å². The first-order chi connectivity index (χ1) is 15.0. The van der Waals surface area contributed by atoms with Crippen LogP contribution in [0.1, 0.15) is 29.5 Å². The number of hydrogen-bond acceptors (Lipinski definition) is 5. The van der Waals surface area contributed by atoms with Crippen molar-refractivity contribution in [3.63, 3.8) is 0 Å². The molecule has 8 heteroatoms. The number of anilines is 1. The van der Waals surface area contributed by atoms with Crippen LogP contribution in [0.2, 0.25) is 0 Å². The first-order valence-electron chi connectivity index (χ1n) is 10.6. The second-order valence-electron chi connectivity index (χ2n) is 8.15. The molecule has 8 nitrogen and oxygen atoms in total. The van der Waals surface area contributed by atoms with Crippen LogP contribution in [0.4, 0.5) is 10.5 Å². The number of carbonyl (C=O) groups is 3. The molecule has 3 heterocycles. The van der Waals surface area contributed by atoms with Crippen molar-refractivity contribution < 1.29 is 14.4 Å². The van der Waals surface area contributed by atoms with Crippen molar-refractivity contribution in [3.8, 4) is 0 Å². The first kappa shape index (κ1) is 21.0. The molecule has 1 aromatic carbocycles. The van der Waals surface area contributed by atoms with Crippen molar-refractivity contribution in [3.05, 3.63) is 59.4 Å². The lowest BCUT2D eigenvalue weighted by Crippen LogP contribution is -2.70. The van der Waals surface area contributed by atoms with Crippen molar-refractivity contribution in [2.75, 3.05) is 18.4 Å². The summed E-state index contributed by atoms with van der Waals surface area (Å²) in [6.45, 7) is 4.64. The maximum Gasteiger partial charge on any atom is 0.327 e. The number of imide groups is 1. The number of fused-ring (bicyclic) bond motifs is 1. The third-order valence-corrected chi connectivity index (χ3v) is 5.98. The summed E-state index contributed by atoms with van der Waals surface area (Å²) >= 11 is 0. The molecule has 0 bridgehead atoms. The van der Waals surface area contributed by atoms with Gasteiger partial charge >= 0.3 is 6.03 Å². The highest BCUT2D eigenvalue weighted by atomic mass is 16.2. The Morgan fingerprint density at radius 3 is 2.58 bits per heavy atom. The minimum Gasteiger partial charge on any atom is -0.324 e. The van der Waals surface area contributed by atoms with E-state index in [0.29, 0.717) is 13.0 Å². The predicted octanol–water partition coefficient (Wildman–Crippen LogP) is 2.22. The molecule has 4 amide bonds. The van der Waals surface area contributed by atoms with Crippen LogP contribution in [0.5, 0.6) is 0 Å². The Bertz CT molecular complexity index is 974. The van der Waals surface area contributed by atoms with E-state index in [9.17, 15) is 14.4 Å². The van der Waals surface area contributed by atoms with E-state index >= 15 is 0 Å². The summed E-state index contributed by atoms with van der Waals surface area (Å²) in [4.78, 5) is 46.1. The molecule has 2 fully saturated rings. The van der Waals surface area contributed by atoms with Gasteiger partial charge in [-0.3, -0.25) is 19.5 Å². The Hall–Kier alpha value is -3.26. The number of aryl methyl sites for hydroxylation is 2. The van der Waals surface area contributed by atoms with E-state index in [1.54, 1.807) is 29.4 Å². The van der Waals surface area contributed by atoms with Crippen LogP contribution in [0.15, 0.2) is 42.7 Å². The zero-order chi connectivity index (χ0) is 22.0. The number of para-hydroxylation sites is 1. The number of piperidine rings is 1. The Labute approximate surface area is 181 Å². The van der Waals surface area contributed by atoms with Gasteiger partial charge in [-0.05, 0) is 62.1 Å². The van der Waals surface area contributed by atoms with E-state index in [0.717, 1.165) is 28.8 Å². The third kappa shape index (κ3) is 4.29. The van der Waals surface area contributed by atoms with Crippen molar-refractivity contribution >= 4 is 23.5 Å². The molecule has 0 aliphatic carbocycles. The van der Waals surface area contributed by atoms with E-state index in [-0.39, 0.29) is 30.9 Å². The number of hydrogen-bond donors (Lipinski definition) is 2. The molecule has 2 aliphatic rings. The average Bonchev–Trinajstić information content (AvgIpc) is 2.77. The van der Waals surface area contributed by atoms with Gasteiger partial charge in [0, 0.05) is 18.1 Å². The molecule has 31 heavy (non-hydrogen) atoms. The van der Waals surface area contributed by atoms with Crippen LogP contribution >= 0.6 is 0 Å². The highest BCUT2D eigenvalue weighted by Gasteiger charge is 2.47. The fourth-order valence-corrected chi connectivity index (χ4v) is 4.36. The van der Waals surface area contributed by atoms with Gasteiger partial charge in [-0.15, -0.1) is 0 Å². The SMILES string of the molecule is Cc1cccc(C)c1NC(=O)CN1C(=O)N(Cc2ccncc2)C(=O)C2NCCCC21. The summed E-state index contributed by atoms with van der Waals surface area (Å²) in [6.07, 6.45) is 4.80. The van der Waals surface area contributed by atoms with Gasteiger partial charge in [0.2, 0.25) is 11.8 Å². The lowest BCUT2D eigenvalue weighted by molar-refractivity contribution is -0.138. The molecular formula is C23H27N5O3. The summed E-state index contributed by atoms with van der Waals surface area (Å²) in [5.74, 6) is -0.508. The molecule has 2 aliphatic heterocycles. The van der Waals surface area contributed by atoms with Gasteiger partial charge in [0.05, 0.1) is 12.6 Å². The van der Waals surface area contributed by atoms with Crippen molar-refractivity contribution in [2.24, 2.45) is 0 Å². The van der Waals surface area contributed by atoms with Crippen LogP contribution in [-0.2, 0) is 16.1 Å². The van der Waals surface area contributed by atoms with Crippen molar-refractivity contribution in [1.82, 2.24) is 20.1 Å². The van der Waals surface area contributed by atoms with E-state index < -0.39 is 12.1 Å². The zero-order valence-corrected chi connectivity index (χ0v) is 17.8. The smallest absolute Gasteiger partial charge is 0.324 e. The van der Waals surface area contributed by atoms with Crippen LogP contribution in [0, 0.1) is 13.8 Å². The third-order valence-electron chi connectivity index (χ3n) is 5.98. The largest absolute Gasteiger partial charge is 0.327 e. The minimum atomic E-state index is -0.499. The monoisotopic (exact) mass is 421 g/mol. The molecule has 2 aromatic rings. The predicted molar refractivity (Wildman–Crippen MR) is 116 cm³/mol. The number of rotatable bonds is 5. The second-order valence-corrected chi connectivity index (χ2v) is 8.15. The van der Waals surface area contributed by atoms with Gasteiger partial charge in [-0.25, -0.2) is 4.79 Å². The molecule has 0 saturated carbocycles. The van der Waals surface area contributed by atoms with Gasteiger partial charge in [0.15, 0.2) is 0 Å². The quantitative estimate of drug-likeness (QED) is 0.772. The van der Waals surface area contributed by atoms with Crippen molar-refractivity contribution in [2.45, 2.75) is 45.3 Å². The van der Waals surface area contributed by atoms with Crippen LogP contribution in [0.25, 0.3) is 0 Å².